The fourth-order valence-electron chi connectivity index (χ4n) is 3.03. The number of aryl methyl sites for hydroxylation is 2. The number of anilines is 1. The maximum atomic E-state index is 12.3. The molecule has 154 valence electrons. The van der Waals surface area contributed by atoms with Crippen LogP contribution in [0.25, 0.3) is 0 Å². The van der Waals surface area contributed by atoms with E-state index in [2.05, 4.69) is 5.32 Å². The van der Waals surface area contributed by atoms with Gasteiger partial charge in [-0.25, -0.2) is 14.4 Å². The van der Waals surface area contributed by atoms with Gasteiger partial charge < -0.3 is 19.5 Å². The molecule has 1 aliphatic carbocycles. The largest absolute Gasteiger partial charge is 0.465 e. The molecule has 2 heterocycles. The summed E-state index contributed by atoms with van der Waals surface area (Å²) in [4.78, 5) is 50.2. The molecule has 0 radical (unpaired) electrons. The third kappa shape index (κ3) is 4.33. The monoisotopic (exact) mass is 437 g/mol. The lowest BCUT2D eigenvalue weighted by Gasteiger charge is -2.06. The molecule has 0 bridgehead atoms. The molecule has 3 rings (SSSR count). The first-order valence-corrected chi connectivity index (χ1v) is 10.4. The molecule has 0 atom stereocenters. The van der Waals surface area contributed by atoms with Crippen LogP contribution in [0.4, 0.5) is 5.00 Å². The van der Waals surface area contributed by atoms with Gasteiger partial charge in [0.2, 0.25) is 0 Å². The Morgan fingerprint density at radius 2 is 1.76 bits per heavy atom. The molecule has 0 fully saturated rings. The van der Waals surface area contributed by atoms with Crippen LogP contribution in [0.1, 0.15) is 52.1 Å². The zero-order valence-electron chi connectivity index (χ0n) is 16.1. The first-order chi connectivity index (χ1) is 13.8. The predicted molar refractivity (Wildman–Crippen MR) is 107 cm³/mol. The number of carbonyl (C=O) groups is 4. The summed E-state index contributed by atoms with van der Waals surface area (Å²) in [6.07, 6.45) is 3.01. The van der Waals surface area contributed by atoms with E-state index in [0.717, 1.165) is 30.6 Å². The molecule has 0 aliphatic heterocycles. The van der Waals surface area contributed by atoms with Crippen LogP contribution in [-0.4, -0.2) is 44.6 Å². The van der Waals surface area contributed by atoms with E-state index in [4.69, 9.17) is 14.2 Å². The van der Waals surface area contributed by atoms with Gasteiger partial charge in [-0.15, -0.1) is 22.7 Å². The fraction of sp³-hybridized carbons (Fsp3) is 0.368. The summed E-state index contributed by atoms with van der Waals surface area (Å²) < 4.78 is 14.5. The van der Waals surface area contributed by atoms with Crippen molar-refractivity contribution in [3.63, 3.8) is 0 Å². The van der Waals surface area contributed by atoms with Crippen LogP contribution in [0.15, 0.2) is 6.07 Å². The zero-order chi connectivity index (χ0) is 21.1. The van der Waals surface area contributed by atoms with Crippen molar-refractivity contribution >= 4 is 51.5 Å². The molecule has 0 aromatic carbocycles. The van der Waals surface area contributed by atoms with Gasteiger partial charge in [-0.1, -0.05) is 0 Å². The molecule has 0 saturated heterocycles. The van der Waals surface area contributed by atoms with Crippen molar-refractivity contribution < 1.29 is 33.4 Å². The van der Waals surface area contributed by atoms with Crippen LogP contribution < -0.4 is 5.32 Å². The number of esters is 3. The van der Waals surface area contributed by atoms with Gasteiger partial charge in [-0.2, -0.15) is 0 Å². The summed E-state index contributed by atoms with van der Waals surface area (Å²) in [5, 5.41) is 2.64. The number of methoxy groups -OCH3 is 2. The van der Waals surface area contributed by atoms with Crippen molar-refractivity contribution in [1.29, 1.82) is 0 Å². The molecule has 29 heavy (non-hydrogen) atoms. The predicted octanol–water partition coefficient (Wildman–Crippen LogP) is 2.98. The van der Waals surface area contributed by atoms with Crippen LogP contribution in [-0.2, 0) is 31.8 Å². The molecular formula is C19H19NO7S2. The van der Waals surface area contributed by atoms with E-state index in [9.17, 15) is 19.2 Å². The Balaban J connectivity index is 1.68. The van der Waals surface area contributed by atoms with Crippen LogP contribution in [0, 0.1) is 6.92 Å². The Morgan fingerprint density at radius 3 is 2.41 bits per heavy atom. The molecule has 1 aliphatic rings. The third-order valence-electron chi connectivity index (χ3n) is 4.44. The quantitative estimate of drug-likeness (QED) is 0.547. The van der Waals surface area contributed by atoms with E-state index in [1.807, 2.05) is 6.07 Å². The number of carbonyl (C=O) groups excluding carboxylic acids is 4. The molecule has 2 aromatic heterocycles. The first-order valence-electron chi connectivity index (χ1n) is 8.74. The highest BCUT2D eigenvalue weighted by atomic mass is 32.1. The highest BCUT2D eigenvalue weighted by molar-refractivity contribution is 7.18. The highest BCUT2D eigenvalue weighted by Crippen LogP contribution is 2.34. The lowest BCUT2D eigenvalue weighted by atomic mass is 10.1. The van der Waals surface area contributed by atoms with Crippen molar-refractivity contribution in [3.8, 4) is 0 Å². The minimum atomic E-state index is -0.700. The van der Waals surface area contributed by atoms with Gasteiger partial charge in [-0.05, 0) is 43.4 Å². The fourth-order valence-corrected chi connectivity index (χ4v) is 5.31. The van der Waals surface area contributed by atoms with E-state index in [1.165, 1.54) is 36.0 Å². The standard InChI is InChI=1S/C19H19NO7S2/c1-9-14(18(23)25-2)16(29-15(9)19(24)26-3)20-13(21)8-27-17(22)12-7-10-5-4-6-11(10)28-12/h7H,4-6,8H2,1-3H3,(H,20,21). The second kappa shape index (κ2) is 8.75. The maximum Gasteiger partial charge on any atom is 0.348 e. The van der Waals surface area contributed by atoms with E-state index < -0.39 is 30.4 Å². The second-order valence-electron chi connectivity index (χ2n) is 6.28. The molecule has 0 unspecified atom stereocenters. The Hall–Kier alpha value is -2.72. The Bertz CT molecular complexity index is 968. The molecular weight excluding hydrogens is 418 g/mol. The lowest BCUT2D eigenvalue weighted by Crippen LogP contribution is -2.21. The normalized spacial score (nSPS) is 12.2. The second-order valence-corrected chi connectivity index (χ2v) is 8.44. The van der Waals surface area contributed by atoms with Gasteiger partial charge in [0, 0.05) is 4.88 Å². The summed E-state index contributed by atoms with van der Waals surface area (Å²) in [6, 6.07) is 1.81. The SMILES string of the molecule is COC(=O)c1sc(NC(=O)COC(=O)c2cc3c(s2)CCC3)c(C(=O)OC)c1C. The van der Waals surface area contributed by atoms with Crippen molar-refractivity contribution in [3.05, 3.63) is 37.4 Å². The van der Waals surface area contributed by atoms with Gasteiger partial charge in [0.25, 0.3) is 5.91 Å². The van der Waals surface area contributed by atoms with E-state index in [-0.39, 0.29) is 15.4 Å². The smallest absolute Gasteiger partial charge is 0.348 e. The average Bonchev–Trinajstić information content (AvgIpc) is 3.38. The number of ether oxygens (including phenoxy) is 3. The molecule has 10 heteroatoms. The Kier molecular flexibility index (Phi) is 6.33. The van der Waals surface area contributed by atoms with Crippen molar-refractivity contribution in [2.24, 2.45) is 0 Å². The minimum absolute atomic E-state index is 0.0623. The average molecular weight is 437 g/mol. The van der Waals surface area contributed by atoms with E-state index in [1.54, 1.807) is 6.92 Å². The lowest BCUT2D eigenvalue weighted by molar-refractivity contribution is -0.119. The summed E-state index contributed by atoms with van der Waals surface area (Å²) in [5.74, 6) is -2.53. The summed E-state index contributed by atoms with van der Waals surface area (Å²) in [7, 11) is 2.42. The molecule has 8 nitrogen and oxygen atoms in total. The Labute approximate surface area is 174 Å². The molecule has 2 aromatic rings. The zero-order valence-corrected chi connectivity index (χ0v) is 17.7. The summed E-state index contributed by atoms with van der Waals surface area (Å²) in [6.45, 7) is 1.03. The van der Waals surface area contributed by atoms with Crippen LogP contribution in [0.5, 0.6) is 0 Å². The van der Waals surface area contributed by atoms with Crippen molar-refractivity contribution in [2.75, 3.05) is 26.1 Å². The van der Waals surface area contributed by atoms with E-state index >= 15 is 0 Å². The van der Waals surface area contributed by atoms with Crippen LogP contribution in [0.3, 0.4) is 0 Å². The van der Waals surface area contributed by atoms with Crippen molar-refractivity contribution in [2.45, 2.75) is 26.2 Å². The summed E-state index contributed by atoms with van der Waals surface area (Å²) in [5.41, 5.74) is 1.57. The maximum absolute atomic E-state index is 12.3. The van der Waals surface area contributed by atoms with E-state index in [0.29, 0.717) is 10.4 Å². The number of amides is 1. The van der Waals surface area contributed by atoms with Gasteiger partial charge in [0.05, 0.1) is 19.8 Å². The first kappa shape index (κ1) is 21.0. The molecule has 0 saturated carbocycles. The van der Waals surface area contributed by atoms with Crippen LogP contribution in [0.2, 0.25) is 0 Å². The number of hydrogen-bond acceptors (Lipinski definition) is 9. The highest BCUT2D eigenvalue weighted by Gasteiger charge is 2.27. The van der Waals surface area contributed by atoms with Gasteiger partial charge in [-0.3, -0.25) is 4.79 Å². The number of hydrogen-bond donors (Lipinski definition) is 1. The number of rotatable bonds is 6. The van der Waals surface area contributed by atoms with Crippen LogP contribution >= 0.6 is 22.7 Å². The molecule has 0 spiro atoms. The van der Waals surface area contributed by atoms with Gasteiger partial charge in [0.15, 0.2) is 6.61 Å². The molecule has 1 amide bonds. The van der Waals surface area contributed by atoms with Gasteiger partial charge in [0.1, 0.15) is 14.8 Å². The summed E-state index contributed by atoms with van der Waals surface area (Å²) >= 11 is 2.28. The van der Waals surface area contributed by atoms with Crippen molar-refractivity contribution in [1.82, 2.24) is 0 Å². The number of fused-ring (bicyclic) bond motifs is 1. The molecule has 1 N–H and O–H groups in total. The number of thiophene rings is 2. The minimum Gasteiger partial charge on any atom is -0.465 e. The number of nitrogens with one attached hydrogen (secondary N) is 1. The third-order valence-corrected chi connectivity index (χ3v) is 6.85. The topological polar surface area (TPSA) is 108 Å². The Morgan fingerprint density at radius 1 is 1.03 bits per heavy atom. The van der Waals surface area contributed by atoms with Gasteiger partial charge >= 0.3 is 17.9 Å².